The Morgan fingerprint density at radius 3 is 2.68 bits per heavy atom. The number of nitrogens with zero attached hydrogens (tertiary/aromatic N) is 1. The SMILES string of the molecule is Cc1noc(C)c1CSCC(=O)Nc1ccccc1. The number of aromatic nitrogens is 1. The summed E-state index contributed by atoms with van der Waals surface area (Å²) in [5.41, 5.74) is 2.80. The molecular weight excluding hydrogens is 260 g/mol. The normalized spacial score (nSPS) is 10.4. The molecule has 2 rings (SSSR count). The number of nitrogens with one attached hydrogen (secondary N) is 1. The van der Waals surface area contributed by atoms with Gasteiger partial charge < -0.3 is 9.84 Å². The van der Waals surface area contributed by atoms with E-state index in [2.05, 4.69) is 10.5 Å². The van der Waals surface area contributed by atoms with Crippen molar-refractivity contribution in [3.63, 3.8) is 0 Å². The van der Waals surface area contributed by atoms with Crippen LogP contribution in [-0.4, -0.2) is 16.8 Å². The summed E-state index contributed by atoms with van der Waals surface area (Å²) in [6.07, 6.45) is 0. The molecule has 0 radical (unpaired) electrons. The van der Waals surface area contributed by atoms with E-state index >= 15 is 0 Å². The van der Waals surface area contributed by atoms with Gasteiger partial charge in [-0.25, -0.2) is 0 Å². The molecule has 0 bridgehead atoms. The molecule has 0 unspecified atom stereocenters. The molecule has 1 aromatic carbocycles. The van der Waals surface area contributed by atoms with Gasteiger partial charge in [0.25, 0.3) is 0 Å². The van der Waals surface area contributed by atoms with Crippen molar-refractivity contribution < 1.29 is 9.32 Å². The van der Waals surface area contributed by atoms with Gasteiger partial charge in [-0.05, 0) is 26.0 Å². The molecule has 0 aliphatic heterocycles. The zero-order valence-corrected chi connectivity index (χ0v) is 11.8. The van der Waals surface area contributed by atoms with Gasteiger partial charge in [-0.15, -0.1) is 11.8 Å². The first-order valence-electron chi connectivity index (χ1n) is 6.01. The zero-order chi connectivity index (χ0) is 13.7. The summed E-state index contributed by atoms with van der Waals surface area (Å²) in [4.78, 5) is 11.7. The standard InChI is InChI=1S/C14H16N2O2S/c1-10-13(11(2)18-16-10)8-19-9-14(17)15-12-6-4-3-5-7-12/h3-7H,8-9H2,1-2H3,(H,15,17). The van der Waals surface area contributed by atoms with Crippen molar-refractivity contribution in [2.24, 2.45) is 0 Å². The Bertz CT molecular complexity index is 532. The molecule has 0 spiro atoms. The maximum Gasteiger partial charge on any atom is 0.234 e. The Morgan fingerprint density at radius 1 is 1.32 bits per heavy atom. The van der Waals surface area contributed by atoms with E-state index in [0.29, 0.717) is 5.75 Å². The van der Waals surface area contributed by atoms with Crippen molar-refractivity contribution >= 4 is 23.4 Å². The van der Waals surface area contributed by atoms with E-state index in [0.717, 1.165) is 28.5 Å². The summed E-state index contributed by atoms with van der Waals surface area (Å²) >= 11 is 1.55. The van der Waals surface area contributed by atoms with Crippen LogP contribution >= 0.6 is 11.8 Å². The molecular formula is C14H16N2O2S. The molecule has 0 fully saturated rings. The lowest BCUT2D eigenvalue weighted by Crippen LogP contribution is -2.14. The molecule has 19 heavy (non-hydrogen) atoms. The van der Waals surface area contributed by atoms with E-state index in [1.165, 1.54) is 0 Å². The summed E-state index contributed by atoms with van der Waals surface area (Å²) < 4.78 is 5.08. The van der Waals surface area contributed by atoms with Gasteiger partial charge >= 0.3 is 0 Å². The van der Waals surface area contributed by atoms with Gasteiger partial charge in [-0.3, -0.25) is 4.79 Å². The molecule has 1 aromatic heterocycles. The minimum atomic E-state index is 0.00274. The van der Waals surface area contributed by atoms with Crippen LogP contribution < -0.4 is 5.32 Å². The van der Waals surface area contributed by atoms with Crippen LogP contribution in [0.2, 0.25) is 0 Å². The van der Waals surface area contributed by atoms with E-state index in [-0.39, 0.29) is 5.91 Å². The fourth-order valence-electron chi connectivity index (χ4n) is 1.67. The van der Waals surface area contributed by atoms with Gasteiger partial charge in [0.05, 0.1) is 11.4 Å². The third kappa shape index (κ3) is 3.86. The number of hydrogen-bond acceptors (Lipinski definition) is 4. The number of carbonyl (C=O) groups excluding carboxylic acids is 1. The topological polar surface area (TPSA) is 55.1 Å². The van der Waals surface area contributed by atoms with Gasteiger partial charge in [-0.2, -0.15) is 0 Å². The zero-order valence-electron chi connectivity index (χ0n) is 11.0. The van der Waals surface area contributed by atoms with Crippen LogP contribution in [0.5, 0.6) is 0 Å². The van der Waals surface area contributed by atoms with Gasteiger partial charge in [-0.1, -0.05) is 23.4 Å². The number of anilines is 1. The third-order valence-corrected chi connectivity index (χ3v) is 3.68. The fourth-order valence-corrected chi connectivity index (χ4v) is 2.65. The maximum atomic E-state index is 11.7. The van der Waals surface area contributed by atoms with Crippen molar-refractivity contribution in [3.8, 4) is 0 Å². The van der Waals surface area contributed by atoms with E-state index < -0.39 is 0 Å². The van der Waals surface area contributed by atoms with Crippen molar-refractivity contribution in [2.45, 2.75) is 19.6 Å². The molecule has 0 saturated heterocycles. The summed E-state index contributed by atoms with van der Waals surface area (Å²) in [6.45, 7) is 3.80. The highest BCUT2D eigenvalue weighted by atomic mass is 32.2. The first-order chi connectivity index (χ1) is 9.16. The fraction of sp³-hybridized carbons (Fsp3) is 0.286. The van der Waals surface area contributed by atoms with Crippen LogP contribution in [0.15, 0.2) is 34.9 Å². The molecule has 1 amide bonds. The minimum absolute atomic E-state index is 0.00274. The number of carbonyl (C=O) groups is 1. The van der Waals surface area contributed by atoms with Crippen LogP contribution in [0.4, 0.5) is 5.69 Å². The van der Waals surface area contributed by atoms with Gasteiger partial charge in [0.1, 0.15) is 5.76 Å². The van der Waals surface area contributed by atoms with Gasteiger partial charge in [0.2, 0.25) is 5.91 Å². The lowest BCUT2D eigenvalue weighted by molar-refractivity contribution is -0.113. The van der Waals surface area contributed by atoms with Crippen LogP contribution in [0.25, 0.3) is 0 Å². The van der Waals surface area contributed by atoms with Crippen LogP contribution in [0, 0.1) is 13.8 Å². The number of rotatable bonds is 5. The van der Waals surface area contributed by atoms with Gasteiger partial charge in [0, 0.05) is 17.0 Å². The maximum absolute atomic E-state index is 11.7. The molecule has 4 nitrogen and oxygen atoms in total. The van der Waals surface area contributed by atoms with E-state index in [1.807, 2.05) is 44.2 Å². The number of para-hydroxylation sites is 1. The van der Waals surface area contributed by atoms with Crippen LogP contribution in [-0.2, 0) is 10.5 Å². The second-order valence-corrected chi connectivity index (χ2v) is 5.20. The molecule has 2 aromatic rings. The molecule has 0 aliphatic carbocycles. The Hall–Kier alpha value is -1.75. The largest absolute Gasteiger partial charge is 0.361 e. The highest BCUT2D eigenvalue weighted by Gasteiger charge is 2.10. The molecule has 0 atom stereocenters. The Labute approximate surface area is 116 Å². The second kappa shape index (κ2) is 6.43. The lowest BCUT2D eigenvalue weighted by Gasteiger charge is -2.04. The van der Waals surface area contributed by atoms with Crippen LogP contribution in [0.1, 0.15) is 17.0 Å². The smallest absolute Gasteiger partial charge is 0.234 e. The molecule has 1 N–H and O–H groups in total. The molecule has 0 aliphatic rings. The Morgan fingerprint density at radius 2 is 2.05 bits per heavy atom. The number of aryl methyl sites for hydroxylation is 2. The molecule has 100 valence electrons. The van der Waals surface area contributed by atoms with E-state index in [1.54, 1.807) is 11.8 Å². The summed E-state index contributed by atoms with van der Waals surface area (Å²) in [5, 5.41) is 6.75. The predicted molar refractivity (Wildman–Crippen MR) is 77.2 cm³/mol. The number of amides is 1. The lowest BCUT2D eigenvalue weighted by atomic mass is 10.2. The van der Waals surface area contributed by atoms with Crippen LogP contribution in [0.3, 0.4) is 0 Å². The van der Waals surface area contributed by atoms with Crippen molar-refractivity contribution in [1.29, 1.82) is 0 Å². The monoisotopic (exact) mass is 276 g/mol. The first-order valence-corrected chi connectivity index (χ1v) is 7.16. The predicted octanol–water partition coefficient (Wildman–Crippen LogP) is 3.16. The highest BCUT2D eigenvalue weighted by molar-refractivity contribution is 7.99. The molecule has 0 saturated carbocycles. The van der Waals surface area contributed by atoms with E-state index in [4.69, 9.17) is 4.52 Å². The third-order valence-electron chi connectivity index (χ3n) is 2.72. The minimum Gasteiger partial charge on any atom is -0.361 e. The van der Waals surface area contributed by atoms with Gasteiger partial charge in [0.15, 0.2) is 0 Å². The number of benzene rings is 1. The average Bonchev–Trinajstić information content (AvgIpc) is 2.71. The summed E-state index contributed by atoms with van der Waals surface area (Å²) in [7, 11) is 0. The first kappa shape index (κ1) is 13.7. The number of hydrogen-bond donors (Lipinski definition) is 1. The van der Waals surface area contributed by atoms with Crippen molar-refractivity contribution in [1.82, 2.24) is 5.16 Å². The Balaban J connectivity index is 1.79. The second-order valence-electron chi connectivity index (χ2n) is 4.21. The summed E-state index contributed by atoms with van der Waals surface area (Å²) in [6, 6.07) is 9.45. The van der Waals surface area contributed by atoms with E-state index in [9.17, 15) is 4.79 Å². The quantitative estimate of drug-likeness (QED) is 0.911. The Kier molecular flexibility index (Phi) is 4.63. The molecule has 1 heterocycles. The van der Waals surface area contributed by atoms with Crippen molar-refractivity contribution in [3.05, 3.63) is 47.3 Å². The molecule has 5 heteroatoms. The average molecular weight is 276 g/mol. The summed E-state index contributed by atoms with van der Waals surface area (Å²) in [5.74, 6) is 1.99. The highest BCUT2D eigenvalue weighted by Crippen LogP contribution is 2.19. The van der Waals surface area contributed by atoms with Crippen molar-refractivity contribution in [2.75, 3.05) is 11.1 Å². The number of thioether (sulfide) groups is 1.